The fourth-order valence-electron chi connectivity index (χ4n) is 1.31. The largest absolute Gasteiger partial charge is 0.494 e. The van der Waals surface area contributed by atoms with Crippen LogP contribution in [0.3, 0.4) is 0 Å². The number of non-ortho nitro benzene ring substituents is 1. The number of alkyl halides is 1. The van der Waals surface area contributed by atoms with Crippen LogP contribution in [0.15, 0.2) is 23.1 Å². The predicted molar refractivity (Wildman–Crippen MR) is 67.0 cm³/mol. The third-order valence-corrected chi connectivity index (χ3v) is 4.20. The van der Waals surface area contributed by atoms with Crippen molar-refractivity contribution in [2.45, 2.75) is 11.8 Å². The molecule has 0 aliphatic carbocycles. The highest BCUT2D eigenvalue weighted by molar-refractivity contribution is 7.91. The summed E-state index contributed by atoms with van der Waals surface area (Å²) in [5.74, 6) is -0.198. The van der Waals surface area contributed by atoms with Crippen LogP contribution in [0, 0.1) is 10.1 Å². The van der Waals surface area contributed by atoms with E-state index in [0.717, 1.165) is 6.07 Å². The van der Waals surface area contributed by atoms with E-state index in [-0.39, 0.29) is 34.6 Å². The topological polar surface area (TPSA) is 86.5 Å². The maximum atomic E-state index is 11.8. The average Bonchev–Trinajstić information content (AvgIpc) is 2.29. The molecule has 0 fully saturated rings. The minimum absolute atomic E-state index is 0.0744. The zero-order valence-corrected chi connectivity index (χ0v) is 11.2. The third kappa shape index (κ3) is 3.58. The zero-order valence-electron chi connectivity index (χ0n) is 9.63. The van der Waals surface area contributed by atoms with Crippen LogP contribution >= 0.6 is 11.6 Å². The van der Waals surface area contributed by atoms with Crippen molar-refractivity contribution in [3.05, 3.63) is 28.3 Å². The van der Waals surface area contributed by atoms with Crippen molar-refractivity contribution in [2.75, 3.05) is 18.2 Å². The summed E-state index contributed by atoms with van der Waals surface area (Å²) in [5, 5.41) is 10.7. The Bertz CT molecular complexity index is 543. The molecule has 1 rings (SSSR count). The molecule has 0 bridgehead atoms. The van der Waals surface area contributed by atoms with E-state index < -0.39 is 14.8 Å². The lowest BCUT2D eigenvalue weighted by Crippen LogP contribution is -2.09. The molecule has 100 valence electrons. The Labute approximate surface area is 110 Å². The Hall–Kier alpha value is -1.34. The Morgan fingerprint density at radius 1 is 1.39 bits per heavy atom. The van der Waals surface area contributed by atoms with Crippen LogP contribution in [0.2, 0.25) is 0 Å². The van der Waals surface area contributed by atoms with Gasteiger partial charge in [0.2, 0.25) is 0 Å². The van der Waals surface area contributed by atoms with Gasteiger partial charge in [0.25, 0.3) is 5.69 Å². The van der Waals surface area contributed by atoms with Gasteiger partial charge in [-0.05, 0) is 13.0 Å². The molecule has 0 spiro atoms. The second kappa shape index (κ2) is 6.01. The highest BCUT2D eigenvalue weighted by Crippen LogP contribution is 2.26. The van der Waals surface area contributed by atoms with E-state index in [1.807, 2.05) is 0 Å². The number of ether oxygens (including phenoxy) is 1. The number of nitro groups is 1. The lowest BCUT2D eigenvalue weighted by Gasteiger charge is -2.07. The summed E-state index contributed by atoms with van der Waals surface area (Å²) in [6, 6.07) is 3.45. The van der Waals surface area contributed by atoms with Crippen LogP contribution in [0.1, 0.15) is 6.92 Å². The first-order chi connectivity index (χ1) is 8.40. The van der Waals surface area contributed by atoms with Gasteiger partial charge < -0.3 is 4.74 Å². The normalized spacial score (nSPS) is 11.2. The van der Waals surface area contributed by atoms with Crippen LogP contribution in [0.4, 0.5) is 5.69 Å². The molecule has 1 aromatic carbocycles. The minimum atomic E-state index is -3.62. The molecular weight excluding hydrogens is 282 g/mol. The molecule has 0 heterocycles. The molecule has 18 heavy (non-hydrogen) atoms. The first kappa shape index (κ1) is 14.7. The molecule has 0 saturated heterocycles. The van der Waals surface area contributed by atoms with E-state index in [1.54, 1.807) is 6.92 Å². The van der Waals surface area contributed by atoms with Gasteiger partial charge in [0, 0.05) is 11.9 Å². The Balaban J connectivity index is 3.31. The van der Waals surface area contributed by atoms with Crippen molar-refractivity contribution in [2.24, 2.45) is 0 Å². The maximum Gasteiger partial charge on any atom is 0.274 e. The van der Waals surface area contributed by atoms with Gasteiger partial charge in [0.05, 0.1) is 28.2 Å². The summed E-state index contributed by atoms with van der Waals surface area (Å²) in [7, 11) is -3.62. The van der Waals surface area contributed by atoms with Crippen LogP contribution in [-0.2, 0) is 9.84 Å². The molecule has 0 aliphatic heterocycles. The van der Waals surface area contributed by atoms with Crippen LogP contribution in [0.5, 0.6) is 5.75 Å². The summed E-state index contributed by atoms with van der Waals surface area (Å²) >= 11 is 5.39. The van der Waals surface area contributed by atoms with Crippen LogP contribution < -0.4 is 4.74 Å². The number of hydrogen-bond donors (Lipinski definition) is 0. The van der Waals surface area contributed by atoms with Crippen LogP contribution in [-0.4, -0.2) is 31.6 Å². The number of rotatable bonds is 6. The smallest absolute Gasteiger partial charge is 0.274 e. The Morgan fingerprint density at radius 2 is 2.06 bits per heavy atom. The highest BCUT2D eigenvalue weighted by Gasteiger charge is 2.19. The number of nitrogens with zero attached hydrogens (tertiary/aromatic N) is 1. The molecule has 6 nitrogen and oxygen atoms in total. The van der Waals surface area contributed by atoms with E-state index in [0.29, 0.717) is 0 Å². The van der Waals surface area contributed by atoms with Gasteiger partial charge >= 0.3 is 0 Å². The predicted octanol–water partition coefficient (Wildman–Crippen LogP) is 2.01. The number of sulfone groups is 1. The third-order valence-electron chi connectivity index (χ3n) is 2.09. The molecule has 0 saturated carbocycles. The lowest BCUT2D eigenvalue weighted by molar-refractivity contribution is -0.385. The van der Waals surface area contributed by atoms with Gasteiger partial charge in [-0.3, -0.25) is 10.1 Å². The summed E-state index contributed by atoms with van der Waals surface area (Å²) in [4.78, 5) is 9.91. The fraction of sp³-hybridized carbons (Fsp3) is 0.400. The summed E-state index contributed by atoms with van der Waals surface area (Å²) < 4.78 is 28.7. The summed E-state index contributed by atoms with van der Waals surface area (Å²) in [6.45, 7) is 1.99. The highest BCUT2D eigenvalue weighted by atomic mass is 35.5. The number of nitro benzene ring substituents is 1. The SMILES string of the molecule is CCOc1cc([N+](=O)[O-])cc(S(=O)(=O)CCCl)c1. The molecule has 1 aromatic rings. The summed E-state index contributed by atoms with van der Waals surface area (Å²) in [6.07, 6.45) is 0. The zero-order chi connectivity index (χ0) is 13.8. The molecule has 0 aromatic heterocycles. The first-order valence-corrected chi connectivity index (χ1v) is 7.30. The second-order valence-electron chi connectivity index (χ2n) is 3.36. The van der Waals surface area contributed by atoms with E-state index in [4.69, 9.17) is 16.3 Å². The minimum Gasteiger partial charge on any atom is -0.494 e. The molecule has 8 heteroatoms. The lowest BCUT2D eigenvalue weighted by atomic mass is 10.3. The van der Waals surface area contributed by atoms with Gasteiger partial charge in [-0.25, -0.2) is 8.42 Å². The molecule has 0 N–H and O–H groups in total. The first-order valence-electron chi connectivity index (χ1n) is 5.11. The maximum absolute atomic E-state index is 11.8. The Morgan fingerprint density at radius 3 is 2.56 bits per heavy atom. The molecule has 0 amide bonds. The monoisotopic (exact) mass is 293 g/mol. The van der Waals surface area contributed by atoms with E-state index in [2.05, 4.69) is 0 Å². The van der Waals surface area contributed by atoms with Crippen molar-refractivity contribution in [1.29, 1.82) is 0 Å². The van der Waals surface area contributed by atoms with Gasteiger partial charge in [0.15, 0.2) is 9.84 Å². The van der Waals surface area contributed by atoms with Crippen molar-refractivity contribution in [1.82, 2.24) is 0 Å². The fourth-order valence-corrected chi connectivity index (χ4v) is 2.96. The van der Waals surface area contributed by atoms with Gasteiger partial charge in [-0.2, -0.15) is 0 Å². The second-order valence-corrected chi connectivity index (χ2v) is 5.85. The quantitative estimate of drug-likeness (QED) is 0.455. The van der Waals surface area contributed by atoms with Gasteiger partial charge in [-0.1, -0.05) is 0 Å². The number of benzene rings is 1. The molecule has 0 atom stereocenters. The molecule has 0 unspecified atom stereocenters. The van der Waals surface area contributed by atoms with Crippen molar-refractivity contribution in [3.8, 4) is 5.75 Å². The molecular formula is C10H12ClNO5S. The molecule has 0 radical (unpaired) electrons. The van der Waals surface area contributed by atoms with Crippen LogP contribution in [0.25, 0.3) is 0 Å². The van der Waals surface area contributed by atoms with E-state index in [1.165, 1.54) is 12.1 Å². The Kier molecular flexibility index (Phi) is 4.92. The summed E-state index contributed by atoms with van der Waals surface area (Å²) in [5.41, 5.74) is -0.325. The van der Waals surface area contributed by atoms with Crippen molar-refractivity contribution < 1.29 is 18.1 Å². The van der Waals surface area contributed by atoms with Gasteiger partial charge in [0.1, 0.15) is 5.75 Å². The van der Waals surface area contributed by atoms with Crippen molar-refractivity contribution in [3.63, 3.8) is 0 Å². The standard InChI is InChI=1S/C10H12ClNO5S/c1-2-17-9-5-8(12(13)14)6-10(7-9)18(15,16)4-3-11/h5-7H,2-4H2,1H3. The number of halogens is 1. The van der Waals surface area contributed by atoms with Gasteiger partial charge in [-0.15, -0.1) is 11.6 Å². The van der Waals surface area contributed by atoms with Crippen molar-refractivity contribution >= 4 is 27.1 Å². The number of hydrogen-bond acceptors (Lipinski definition) is 5. The van der Waals surface area contributed by atoms with E-state index >= 15 is 0 Å². The molecule has 0 aliphatic rings. The average molecular weight is 294 g/mol. The van der Waals surface area contributed by atoms with E-state index in [9.17, 15) is 18.5 Å².